The maximum absolute atomic E-state index is 14.4. The summed E-state index contributed by atoms with van der Waals surface area (Å²) < 4.78 is 67.7. The number of alkyl halides is 3. The Morgan fingerprint density at radius 3 is 2.39 bits per heavy atom. The molecule has 3 rings (SSSR count). The molecule has 1 amide bonds. The highest BCUT2D eigenvalue weighted by Gasteiger charge is 2.42. The molecule has 0 aliphatic heterocycles. The van der Waals surface area contributed by atoms with Gasteiger partial charge in [0.25, 0.3) is 5.91 Å². The third-order valence-electron chi connectivity index (χ3n) is 6.53. The molecule has 0 aliphatic rings. The molecule has 3 aromatic rings. The third kappa shape index (κ3) is 8.08. The third-order valence-corrected chi connectivity index (χ3v) is 6.82. The lowest BCUT2D eigenvalue weighted by atomic mass is 9.90. The van der Waals surface area contributed by atoms with Gasteiger partial charge >= 0.3 is 6.18 Å². The van der Waals surface area contributed by atoms with E-state index in [-0.39, 0.29) is 40.1 Å². The summed E-state index contributed by atoms with van der Waals surface area (Å²) >= 11 is 5.93. The van der Waals surface area contributed by atoms with E-state index in [2.05, 4.69) is 15.6 Å². The van der Waals surface area contributed by atoms with Crippen molar-refractivity contribution in [1.82, 2.24) is 15.6 Å². The lowest BCUT2D eigenvalue weighted by molar-refractivity contribution is -0.149. The van der Waals surface area contributed by atoms with Crippen LogP contribution < -0.4 is 20.1 Å². The summed E-state index contributed by atoms with van der Waals surface area (Å²) in [6, 6.07) is 10.9. The zero-order valence-corrected chi connectivity index (χ0v) is 24.0. The van der Waals surface area contributed by atoms with Crippen molar-refractivity contribution in [3.05, 3.63) is 76.2 Å². The van der Waals surface area contributed by atoms with E-state index in [9.17, 15) is 27.5 Å². The number of rotatable bonds is 11. The topological polar surface area (TPSA) is 92.7 Å². The summed E-state index contributed by atoms with van der Waals surface area (Å²) in [5.74, 6) is -3.16. The minimum Gasteiger partial charge on any atom is -0.493 e. The second kappa shape index (κ2) is 13.1. The van der Waals surface area contributed by atoms with Gasteiger partial charge in [0.1, 0.15) is 18.3 Å². The Morgan fingerprint density at radius 2 is 1.80 bits per heavy atom. The van der Waals surface area contributed by atoms with E-state index < -0.39 is 42.0 Å². The molecule has 0 bridgehead atoms. The summed E-state index contributed by atoms with van der Waals surface area (Å²) in [6.45, 7) is 4.30. The van der Waals surface area contributed by atoms with E-state index in [1.165, 1.54) is 50.4 Å². The molecular formula is C29H32ClF4N3O4. The first-order valence-electron chi connectivity index (χ1n) is 12.7. The second-order valence-corrected chi connectivity index (χ2v) is 10.4. The summed E-state index contributed by atoms with van der Waals surface area (Å²) in [5.41, 5.74) is -0.0229. The number of aromatic nitrogens is 1. The maximum atomic E-state index is 14.4. The van der Waals surface area contributed by atoms with Crippen LogP contribution in [0.3, 0.4) is 0 Å². The zero-order chi connectivity index (χ0) is 30.5. The van der Waals surface area contributed by atoms with Crippen LogP contribution in [-0.4, -0.2) is 55.6 Å². The van der Waals surface area contributed by atoms with Crippen LogP contribution >= 0.6 is 11.6 Å². The van der Waals surface area contributed by atoms with Crippen LogP contribution in [-0.2, 0) is 5.54 Å². The van der Waals surface area contributed by atoms with Crippen molar-refractivity contribution in [2.75, 3.05) is 27.3 Å². The lowest BCUT2D eigenvalue weighted by Gasteiger charge is -2.28. The van der Waals surface area contributed by atoms with Crippen LogP contribution in [0.5, 0.6) is 11.5 Å². The van der Waals surface area contributed by atoms with Gasteiger partial charge in [0.05, 0.1) is 29.6 Å². The maximum Gasteiger partial charge on any atom is 0.398 e. The van der Waals surface area contributed by atoms with Gasteiger partial charge in [0.15, 0.2) is 11.5 Å². The molecule has 1 unspecified atom stereocenters. The van der Waals surface area contributed by atoms with Gasteiger partial charge in [0.2, 0.25) is 0 Å². The summed E-state index contributed by atoms with van der Waals surface area (Å²) in [4.78, 5) is 17.2. The minimum absolute atomic E-state index is 0.0162. The van der Waals surface area contributed by atoms with E-state index in [1.54, 1.807) is 27.0 Å². The Morgan fingerprint density at radius 1 is 1.10 bits per heavy atom. The summed E-state index contributed by atoms with van der Waals surface area (Å²) in [6.07, 6.45) is -5.51. The number of pyridine rings is 1. The molecule has 3 N–H and O–H groups in total. The number of carbonyl (C=O) groups excluding carboxylic acids is 1. The molecule has 2 aromatic carbocycles. The van der Waals surface area contributed by atoms with Gasteiger partial charge in [-0.25, -0.2) is 4.39 Å². The number of hydrogen-bond acceptors (Lipinski definition) is 6. The normalized spacial score (nSPS) is 13.4. The van der Waals surface area contributed by atoms with Crippen LogP contribution in [0.4, 0.5) is 17.6 Å². The summed E-state index contributed by atoms with van der Waals surface area (Å²) in [5, 5.41) is 14.7. The fourth-order valence-corrected chi connectivity index (χ4v) is 4.04. The molecule has 0 aliphatic carbocycles. The minimum atomic E-state index is -4.77. The van der Waals surface area contributed by atoms with Crippen LogP contribution in [0.1, 0.15) is 48.3 Å². The van der Waals surface area contributed by atoms with E-state index in [1.807, 2.05) is 0 Å². The van der Waals surface area contributed by atoms with Gasteiger partial charge in [-0.2, -0.15) is 13.2 Å². The van der Waals surface area contributed by atoms with Crippen LogP contribution in [0, 0.1) is 5.82 Å². The van der Waals surface area contributed by atoms with Gasteiger partial charge in [0, 0.05) is 23.2 Å². The molecule has 0 spiro atoms. The molecule has 0 saturated carbocycles. The SMILES string of the molecule is CNC(C)(C)c1cc(-c2ccc(F)c(Cl)c2)nc(C(CNC(=O)c2ccc(OC[C@@H](C)O)c(OC)c2)C(F)(F)F)c1. The standard InChI is InChI=1S/C29H32ClF4N3O4/c1-16(38)15-41-25-9-7-18(11-26(25)40-5)27(39)36-14-20(29(32,33)34)24-13-19(28(2,3)35-4)12-23(37-24)17-6-8-22(31)21(30)10-17/h6-13,16,20,35,38H,14-15H2,1-5H3,(H,36,39)/t16-,20?/m1/s1. The van der Waals surface area contributed by atoms with Crippen molar-refractivity contribution in [3.63, 3.8) is 0 Å². The Bertz CT molecular complexity index is 1380. The number of nitrogens with zero attached hydrogens (tertiary/aromatic N) is 1. The number of aliphatic hydroxyl groups excluding tert-OH is 1. The molecule has 1 heterocycles. The van der Waals surface area contributed by atoms with Gasteiger partial charge in [-0.1, -0.05) is 11.6 Å². The van der Waals surface area contributed by atoms with Gasteiger partial charge in [-0.15, -0.1) is 0 Å². The molecule has 0 saturated heterocycles. The smallest absolute Gasteiger partial charge is 0.398 e. The first-order chi connectivity index (χ1) is 19.2. The van der Waals surface area contributed by atoms with Crippen molar-refractivity contribution in [2.45, 2.75) is 44.5 Å². The Labute approximate surface area is 240 Å². The number of nitrogens with one attached hydrogen (secondary N) is 2. The lowest BCUT2D eigenvalue weighted by Crippen LogP contribution is -2.37. The van der Waals surface area contributed by atoms with E-state index in [0.717, 1.165) is 6.07 Å². The quantitative estimate of drug-likeness (QED) is 0.241. The molecule has 0 radical (unpaired) electrons. The van der Waals surface area contributed by atoms with Gasteiger partial charge in [-0.05, 0) is 81.9 Å². The van der Waals surface area contributed by atoms with Crippen molar-refractivity contribution in [3.8, 4) is 22.8 Å². The average Bonchev–Trinajstić information content (AvgIpc) is 2.92. The first kappa shape index (κ1) is 32.1. The Balaban J connectivity index is 1.96. The summed E-state index contributed by atoms with van der Waals surface area (Å²) in [7, 11) is 3.02. The van der Waals surface area contributed by atoms with E-state index in [4.69, 9.17) is 21.1 Å². The molecule has 0 fully saturated rings. The van der Waals surface area contributed by atoms with Gasteiger partial charge < -0.3 is 25.2 Å². The Kier molecular flexibility index (Phi) is 10.2. The molecule has 41 heavy (non-hydrogen) atoms. The van der Waals surface area contributed by atoms with Crippen LogP contribution in [0.2, 0.25) is 5.02 Å². The Hall–Kier alpha value is -3.41. The fourth-order valence-electron chi connectivity index (χ4n) is 3.86. The highest BCUT2D eigenvalue weighted by atomic mass is 35.5. The number of ether oxygens (including phenoxy) is 2. The predicted octanol–water partition coefficient (Wildman–Crippen LogP) is 5.84. The number of halogens is 5. The average molecular weight is 598 g/mol. The monoisotopic (exact) mass is 597 g/mol. The number of hydrogen-bond donors (Lipinski definition) is 3. The second-order valence-electron chi connectivity index (χ2n) is 10.00. The molecule has 12 heteroatoms. The number of methoxy groups -OCH3 is 1. The molecule has 2 atom stereocenters. The zero-order valence-electron chi connectivity index (χ0n) is 23.2. The van der Waals surface area contributed by atoms with Crippen molar-refractivity contribution >= 4 is 17.5 Å². The highest BCUT2D eigenvalue weighted by Crippen LogP contribution is 2.37. The number of benzene rings is 2. The molecule has 222 valence electrons. The number of aliphatic hydroxyl groups is 1. The van der Waals surface area contributed by atoms with Crippen LogP contribution in [0.15, 0.2) is 48.5 Å². The molecule has 1 aromatic heterocycles. The largest absolute Gasteiger partial charge is 0.493 e. The van der Waals surface area contributed by atoms with Crippen molar-refractivity contribution in [1.29, 1.82) is 0 Å². The number of amides is 1. The first-order valence-corrected chi connectivity index (χ1v) is 13.0. The molecular weight excluding hydrogens is 566 g/mol. The van der Waals surface area contributed by atoms with Crippen molar-refractivity contribution < 1.29 is 36.9 Å². The number of carbonyl (C=O) groups is 1. The fraction of sp³-hybridized carbons (Fsp3) is 0.379. The highest BCUT2D eigenvalue weighted by molar-refractivity contribution is 6.31. The van der Waals surface area contributed by atoms with Gasteiger partial charge in [-0.3, -0.25) is 9.78 Å². The van der Waals surface area contributed by atoms with E-state index in [0.29, 0.717) is 11.1 Å². The van der Waals surface area contributed by atoms with E-state index >= 15 is 0 Å². The van der Waals surface area contributed by atoms with Crippen LogP contribution in [0.25, 0.3) is 11.3 Å². The molecule has 7 nitrogen and oxygen atoms in total. The van der Waals surface area contributed by atoms with Crippen molar-refractivity contribution in [2.24, 2.45) is 0 Å². The predicted molar refractivity (Wildman–Crippen MR) is 148 cm³/mol.